The third-order valence-electron chi connectivity index (χ3n) is 3.20. The van der Waals surface area contributed by atoms with Crippen molar-refractivity contribution < 1.29 is 9.90 Å². The summed E-state index contributed by atoms with van der Waals surface area (Å²) in [6, 6.07) is 14.7. The molecule has 3 rings (SSSR count). The highest BCUT2D eigenvalue weighted by Crippen LogP contribution is 2.29. The predicted molar refractivity (Wildman–Crippen MR) is 70.6 cm³/mol. The Morgan fingerprint density at radius 3 is 2.50 bits per heavy atom. The van der Waals surface area contributed by atoms with Crippen molar-refractivity contribution in [3.05, 3.63) is 70.8 Å². The van der Waals surface area contributed by atoms with Gasteiger partial charge in [0, 0.05) is 23.1 Å². The van der Waals surface area contributed by atoms with Crippen LogP contribution in [0, 0.1) is 0 Å². The van der Waals surface area contributed by atoms with E-state index in [2.05, 4.69) is 0 Å². The summed E-state index contributed by atoms with van der Waals surface area (Å²) >= 11 is 0. The van der Waals surface area contributed by atoms with Gasteiger partial charge < -0.3 is 5.11 Å². The molecule has 0 unspecified atom stereocenters. The van der Waals surface area contributed by atoms with Crippen LogP contribution < -0.4 is 0 Å². The molecule has 18 heavy (non-hydrogen) atoms. The molecule has 2 aromatic carbocycles. The number of benzene rings is 2. The van der Waals surface area contributed by atoms with E-state index in [9.17, 15) is 9.90 Å². The molecule has 0 heterocycles. The third kappa shape index (κ3) is 1.72. The Labute approximate surface area is 105 Å². The van der Waals surface area contributed by atoms with Crippen molar-refractivity contribution >= 4 is 11.9 Å². The van der Waals surface area contributed by atoms with Gasteiger partial charge in [-0.15, -0.1) is 0 Å². The Balaban J connectivity index is 2.02. The summed E-state index contributed by atoms with van der Waals surface area (Å²) in [5.41, 5.74) is 3.26. The van der Waals surface area contributed by atoms with Crippen LogP contribution >= 0.6 is 0 Å². The Kier molecular flexibility index (Phi) is 2.49. The number of aromatic hydroxyl groups is 1. The molecule has 0 spiro atoms. The fourth-order valence-corrected chi connectivity index (χ4v) is 2.27. The first-order valence-electron chi connectivity index (χ1n) is 5.87. The Morgan fingerprint density at radius 2 is 1.72 bits per heavy atom. The number of para-hydroxylation sites is 1. The monoisotopic (exact) mass is 236 g/mol. The highest BCUT2D eigenvalue weighted by Gasteiger charge is 2.24. The van der Waals surface area contributed by atoms with E-state index in [1.807, 2.05) is 30.3 Å². The summed E-state index contributed by atoms with van der Waals surface area (Å²) in [6.45, 7) is 0. The van der Waals surface area contributed by atoms with Gasteiger partial charge in [0.05, 0.1) is 0 Å². The average Bonchev–Trinajstić information content (AvgIpc) is 2.70. The summed E-state index contributed by atoms with van der Waals surface area (Å²) in [4.78, 5) is 12.2. The first kappa shape index (κ1) is 10.8. The second kappa shape index (κ2) is 4.15. The molecule has 0 saturated carbocycles. The Morgan fingerprint density at radius 1 is 1.00 bits per heavy atom. The number of carbonyl (C=O) groups is 1. The lowest BCUT2D eigenvalue weighted by molar-refractivity contribution is 0.104. The van der Waals surface area contributed by atoms with E-state index in [1.54, 1.807) is 24.3 Å². The molecule has 0 fully saturated rings. The number of fused-ring (bicyclic) bond motifs is 1. The summed E-state index contributed by atoms with van der Waals surface area (Å²) < 4.78 is 0. The fraction of sp³-hybridized carbons (Fsp3) is 0.0625. The normalized spacial score (nSPS) is 16.0. The average molecular weight is 236 g/mol. The van der Waals surface area contributed by atoms with Crippen LogP contribution in [0.4, 0.5) is 0 Å². The molecule has 2 nitrogen and oxygen atoms in total. The molecule has 1 aliphatic carbocycles. The van der Waals surface area contributed by atoms with Gasteiger partial charge in [-0.2, -0.15) is 0 Å². The minimum absolute atomic E-state index is 0.0638. The van der Waals surface area contributed by atoms with Crippen LogP contribution in [0.2, 0.25) is 0 Å². The molecule has 0 bridgehead atoms. The third-order valence-corrected chi connectivity index (χ3v) is 3.20. The van der Waals surface area contributed by atoms with Crippen molar-refractivity contribution in [2.45, 2.75) is 6.42 Å². The first-order valence-corrected chi connectivity index (χ1v) is 5.87. The number of hydrogen-bond acceptors (Lipinski definition) is 2. The molecule has 0 aromatic heterocycles. The van der Waals surface area contributed by atoms with Crippen LogP contribution in [0.15, 0.2) is 54.1 Å². The first-order chi connectivity index (χ1) is 8.75. The minimum atomic E-state index is 0.0638. The van der Waals surface area contributed by atoms with E-state index in [-0.39, 0.29) is 11.5 Å². The molecular weight excluding hydrogens is 224 g/mol. The van der Waals surface area contributed by atoms with Crippen molar-refractivity contribution in [1.82, 2.24) is 0 Å². The van der Waals surface area contributed by atoms with Crippen molar-refractivity contribution in [3.63, 3.8) is 0 Å². The molecule has 0 atom stereocenters. The van der Waals surface area contributed by atoms with Gasteiger partial charge in [0.15, 0.2) is 5.78 Å². The molecule has 1 aliphatic rings. The van der Waals surface area contributed by atoms with Crippen LogP contribution in [0.25, 0.3) is 6.08 Å². The summed E-state index contributed by atoms with van der Waals surface area (Å²) in [7, 11) is 0. The summed E-state index contributed by atoms with van der Waals surface area (Å²) in [6.07, 6.45) is 2.42. The Bertz CT molecular complexity index is 654. The largest absolute Gasteiger partial charge is 0.507 e. The standard InChI is InChI=1S/C16H12O2/c17-15-8-4-2-6-12(15)10-13-9-11-5-1-3-7-14(11)16(13)18/h1-8,10,17H,9H2/b13-10+. The molecule has 88 valence electrons. The van der Waals surface area contributed by atoms with Gasteiger partial charge in [-0.1, -0.05) is 42.5 Å². The molecule has 2 aromatic rings. The molecule has 0 aliphatic heterocycles. The minimum Gasteiger partial charge on any atom is -0.507 e. The lowest BCUT2D eigenvalue weighted by atomic mass is 10.1. The van der Waals surface area contributed by atoms with E-state index in [0.717, 1.165) is 16.7 Å². The molecule has 2 heteroatoms. The van der Waals surface area contributed by atoms with E-state index >= 15 is 0 Å². The van der Waals surface area contributed by atoms with Crippen molar-refractivity contribution in [2.75, 3.05) is 0 Å². The number of ketones is 1. The SMILES string of the molecule is O=C1/C(=C/c2ccccc2O)Cc2ccccc21. The highest BCUT2D eigenvalue weighted by molar-refractivity contribution is 6.15. The second-order valence-electron chi connectivity index (χ2n) is 4.39. The summed E-state index contributed by atoms with van der Waals surface area (Å²) in [5, 5.41) is 9.72. The van der Waals surface area contributed by atoms with E-state index in [0.29, 0.717) is 12.0 Å². The molecule has 0 amide bonds. The molecule has 1 N–H and O–H groups in total. The number of rotatable bonds is 1. The zero-order valence-corrected chi connectivity index (χ0v) is 9.76. The maximum Gasteiger partial charge on any atom is 0.189 e. The quantitative estimate of drug-likeness (QED) is 0.772. The highest BCUT2D eigenvalue weighted by atomic mass is 16.3. The number of phenolic OH excluding ortho intramolecular Hbond substituents is 1. The fourth-order valence-electron chi connectivity index (χ4n) is 2.27. The Hall–Kier alpha value is -2.35. The number of carbonyl (C=O) groups excluding carboxylic acids is 1. The topological polar surface area (TPSA) is 37.3 Å². The van der Waals surface area contributed by atoms with Crippen LogP contribution in [0.3, 0.4) is 0 Å². The van der Waals surface area contributed by atoms with Gasteiger partial charge in [-0.05, 0) is 17.7 Å². The van der Waals surface area contributed by atoms with Crippen LogP contribution in [0.5, 0.6) is 5.75 Å². The predicted octanol–water partition coefficient (Wildman–Crippen LogP) is 3.21. The molecule has 0 saturated heterocycles. The number of allylic oxidation sites excluding steroid dienone is 1. The van der Waals surface area contributed by atoms with Gasteiger partial charge in [-0.3, -0.25) is 4.79 Å². The van der Waals surface area contributed by atoms with Crippen LogP contribution in [-0.2, 0) is 6.42 Å². The van der Waals surface area contributed by atoms with Gasteiger partial charge in [0.25, 0.3) is 0 Å². The smallest absolute Gasteiger partial charge is 0.189 e. The molecular formula is C16H12O2. The van der Waals surface area contributed by atoms with Gasteiger partial charge >= 0.3 is 0 Å². The maximum absolute atomic E-state index is 12.2. The second-order valence-corrected chi connectivity index (χ2v) is 4.39. The number of hydrogen-bond donors (Lipinski definition) is 1. The van der Waals surface area contributed by atoms with Crippen molar-refractivity contribution in [1.29, 1.82) is 0 Å². The maximum atomic E-state index is 12.2. The molecule has 0 radical (unpaired) electrons. The van der Waals surface area contributed by atoms with E-state index < -0.39 is 0 Å². The van der Waals surface area contributed by atoms with Crippen LogP contribution in [-0.4, -0.2) is 10.9 Å². The van der Waals surface area contributed by atoms with Crippen molar-refractivity contribution in [2.24, 2.45) is 0 Å². The van der Waals surface area contributed by atoms with Gasteiger partial charge in [-0.25, -0.2) is 0 Å². The zero-order chi connectivity index (χ0) is 12.5. The van der Waals surface area contributed by atoms with E-state index in [4.69, 9.17) is 0 Å². The van der Waals surface area contributed by atoms with E-state index in [1.165, 1.54) is 0 Å². The van der Waals surface area contributed by atoms with Gasteiger partial charge in [0.2, 0.25) is 0 Å². The zero-order valence-electron chi connectivity index (χ0n) is 9.76. The van der Waals surface area contributed by atoms with Crippen LogP contribution in [0.1, 0.15) is 21.5 Å². The van der Waals surface area contributed by atoms with Crippen molar-refractivity contribution in [3.8, 4) is 5.75 Å². The lowest BCUT2D eigenvalue weighted by Crippen LogP contribution is -1.94. The number of Topliss-reactive ketones (excluding diaryl/α,β-unsaturated/α-hetero) is 1. The summed E-state index contributed by atoms with van der Waals surface area (Å²) in [5.74, 6) is 0.266. The number of phenols is 1. The lowest BCUT2D eigenvalue weighted by Gasteiger charge is -1.99. The van der Waals surface area contributed by atoms with Gasteiger partial charge in [0.1, 0.15) is 5.75 Å².